The lowest BCUT2D eigenvalue weighted by Crippen LogP contribution is -2.01. The number of thiophene rings is 1. The maximum Gasteiger partial charge on any atom is 0.173 e. The molecule has 1 nitrogen and oxygen atoms in total. The fraction of sp³-hybridized carbons (Fsp3) is 0.0909. The maximum absolute atomic E-state index is 13.3. The molecule has 1 aromatic carbocycles. The lowest BCUT2D eigenvalue weighted by Gasteiger charge is -2.12. The summed E-state index contributed by atoms with van der Waals surface area (Å²) in [6.07, 6.45) is -1.08. The molecule has 0 saturated heterocycles. The molecule has 90 valence electrons. The molecule has 0 aliphatic carbocycles. The van der Waals surface area contributed by atoms with Gasteiger partial charge >= 0.3 is 0 Å². The third-order valence-corrected chi connectivity index (χ3v) is 4.47. The van der Waals surface area contributed by atoms with Crippen molar-refractivity contribution >= 4 is 38.9 Å². The van der Waals surface area contributed by atoms with Gasteiger partial charge in [-0.05, 0) is 33.4 Å². The molecule has 0 radical (unpaired) electrons. The number of hydrogen-bond donors (Lipinski definition) is 1. The fourth-order valence-corrected chi connectivity index (χ4v) is 3.09. The van der Waals surface area contributed by atoms with E-state index in [1.165, 1.54) is 17.4 Å². The first-order valence-corrected chi connectivity index (χ1v) is 6.61. The fourth-order valence-electron chi connectivity index (χ4n) is 1.39. The highest BCUT2D eigenvalue weighted by Crippen LogP contribution is 2.36. The van der Waals surface area contributed by atoms with Gasteiger partial charge in [-0.1, -0.05) is 17.7 Å². The monoisotopic (exact) mass is 338 g/mol. The SMILES string of the molecule is OC(c1ccc(F)c(F)c1Br)c1sccc1Cl. The molecule has 0 fully saturated rings. The third-order valence-electron chi connectivity index (χ3n) is 2.25. The van der Waals surface area contributed by atoms with E-state index in [0.717, 1.165) is 6.07 Å². The maximum atomic E-state index is 13.3. The van der Waals surface area contributed by atoms with Crippen LogP contribution in [0.15, 0.2) is 28.1 Å². The van der Waals surface area contributed by atoms with Gasteiger partial charge in [-0.15, -0.1) is 11.3 Å². The predicted molar refractivity (Wildman–Crippen MR) is 67.4 cm³/mol. The quantitative estimate of drug-likeness (QED) is 0.797. The molecule has 17 heavy (non-hydrogen) atoms. The van der Waals surface area contributed by atoms with Crippen molar-refractivity contribution < 1.29 is 13.9 Å². The Morgan fingerprint density at radius 1 is 1.29 bits per heavy atom. The Morgan fingerprint density at radius 3 is 2.59 bits per heavy atom. The lowest BCUT2D eigenvalue weighted by atomic mass is 10.1. The average molecular weight is 340 g/mol. The van der Waals surface area contributed by atoms with Gasteiger partial charge in [-0.3, -0.25) is 0 Å². The van der Waals surface area contributed by atoms with E-state index in [-0.39, 0.29) is 10.0 Å². The summed E-state index contributed by atoms with van der Waals surface area (Å²) in [7, 11) is 0. The summed E-state index contributed by atoms with van der Waals surface area (Å²) in [4.78, 5) is 0.498. The molecular formula is C11H6BrClF2OS. The summed E-state index contributed by atoms with van der Waals surface area (Å²) in [6, 6.07) is 3.93. The van der Waals surface area contributed by atoms with E-state index in [2.05, 4.69) is 15.9 Å². The van der Waals surface area contributed by atoms with E-state index < -0.39 is 17.7 Å². The number of hydrogen-bond acceptors (Lipinski definition) is 2. The van der Waals surface area contributed by atoms with Gasteiger partial charge in [0.2, 0.25) is 0 Å². The Bertz CT molecular complexity index is 558. The molecule has 0 saturated carbocycles. The number of halogens is 4. The first kappa shape index (κ1) is 13.0. The molecular weight excluding hydrogens is 334 g/mol. The van der Waals surface area contributed by atoms with Crippen molar-refractivity contribution in [2.24, 2.45) is 0 Å². The highest BCUT2D eigenvalue weighted by molar-refractivity contribution is 9.10. The van der Waals surface area contributed by atoms with Crippen molar-refractivity contribution in [2.75, 3.05) is 0 Å². The summed E-state index contributed by atoms with van der Waals surface area (Å²) in [5.41, 5.74) is 0.244. The lowest BCUT2D eigenvalue weighted by molar-refractivity contribution is 0.222. The van der Waals surface area contributed by atoms with Crippen LogP contribution in [0.3, 0.4) is 0 Å². The molecule has 0 spiro atoms. The highest BCUT2D eigenvalue weighted by Gasteiger charge is 2.21. The molecule has 0 amide bonds. The second-order valence-corrected chi connectivity index (χ2v) is 5.45. The highest BCUT2D eigenvalue weighted by atomic mass is 79.9. The Kier molecular flexibility index (Phi) is 3.82. The van der Waals surface area contributed by atoms with Crippen LogP contribution >= 0.6 is 38.9 Å². The van der Waals surface area contributed by atoms with Crippen molar-refractivity contribution in [2.45, 2.75) is 6.10 Å². The first-order chi connectivity index (χ1) is 8.02. The molecule has 2 aromatic rings. The second kappa shape index (κ2) is 5.02. The van der Waals surface area contributed by atoms with Crippen LogP contribution in [0.4, 0.5) is 8.78 Å². The smallest absolute Gasteiger partial charge is 0.173 e. The van der Waals surface area contributed by atoms with Crippen LogP contribution in [0.25, 0.3) is 0 Å². The first-order valence-electron chi connectivity index (χ1n) is 4.56. The Hall–Kier alpha value is -0.490. The summed E-state index contributed by atoms with van der Waals surface area (Å²) in [5, 5.41) is 12.2. The van der Waals surface area contributed by atoms with Crippen LogP contribution in [0.5, 0.6) is 0 Å². The van der Waals surface area contributed by atoms with E-state index in [1.54, 1.807) is 11.4 Å². The van der Waals surface area contributed by atoms with Crippen LogP contribution in [0.2, 0.25) is 5.02 Å². The van der Waals surface area contributed by atoms with Crippen molar-refractivity contribution in [1.82, 2.24) is 0 Å². The van der Waals surface area contributed by atoms with Crippen LogP contribution in [0.1, 0.15) is 16.5 Å². The van der Waals surface area contributed by atoms with Crippen LogP contribution in [-0.2, 0) is 0 Å². The largest absolute Gasteiger partial charge is 0.383 e. The normalized spacial score (nSPS) is 12.8. The molecule has 1 aromatic heterocycles. The van der Waals surface area contributed by atoms with E-state index >= 15 is 0 Å². The van der Waals surface area contributed by atoms with Gasteiger partial charge in [0.15, 0.2) is 11.6 Å². The van der Waals surface area contributed by atoms with Gasteiger partial charge in [0.25, 0.3) is 0 Å². The summed E-state index contributed by atoms with van der Waals surface area (Å²) >= 11 is 10.1. The van der Waals surface area contributed by atoms with E-state index in [4.69, 9.17) is 11.6 Å². The zero-order valence-electron chi connectivity index (χ0n) is 8.25. The van der Waals surface area contributed by atoms with Crippen LogP contribution < -0.4 is 0 Å². The minimum Gasteiger partial charge on any atom is -0.383 e. The van der Waals surface area contributed by atoms with Crippen LogP contribution in [0, 0.1) is 11.6 Å². The zero-order chi connectivity index (χ0) is 12.6. The summed E-state index contributed by atoms with van der Waals surface area (Å²) in [5.74, 6) is -1.99. The van der Waals surface area contributed by atoms with Crippen LogP contribution in [-0.4, -0.2) is 5.11 Å². The minimum atomic E-state index is -1.08. The van der Waals surface area contributed by atoms with E-state index in [0.29, 0.717) is 9.90 Å². The third kappa shape index (κ3) is 2.38. The zero-order valence-corrected chi connectivity index (χ0v) is 11.4. The standard InChI is InChI=1S/C11H6BrClF2OS/c12-8-5(1-2-7(14)9(8)15)10(16)11-6(13)3-4-17-11/h1-4,10,16H. The van der Waals surface area contributed by atoms with Crippen molar-refractivity contribution in [3.63, 3.8) is 0 Å². The topological polar surface area (TPSA) is 20.2 Å². The second-order valence-electron chi connectivity index (χ2n) is 3.30. The minimum absolute atomic E-state index is 0.0885. The van der Waals surface area contributed by atoms with E-state index in [9.17, 15) is 13.9 Å². The molecule has 1 heterocycles. The van der Waals surface area contributed by atoms with Crippen molar-refractivity contribution in [3.8, 4) is 0 Å². The Morgan fingerprint density at radius 2 is 2.00 bits per heavy atom. The van der Waals surface area contributed by atoms with Crippen molar-refractivity contribution in [1.29, 1.82) is 0 Å². The van der Waals surface area contributed by atoms with Gasteiger partial charge < -0.3 is 5.11 Å². The molecule has 1 atom stereocenters. The molecule has 0 aliphatic rings. The van der Waals surface area contributed by atoms with Gasteiger partial charge in [0.05, 0.1) is 14.4 Å². The van der Waals surface area contributed by atoms with Gasteiger partial charge in [-0.2, -0.15) is 0 Å². The molecule has 6 heteroatoms. The Labute approximate surface area is 114 Å². The number of aliphatic hydroxyl groups excluding tert-OH is 1. The molecule has 2 rings (SSSR count). The number of benzene rings is 1. The number of aliphatic hydroxyl groups is 1. The van der Waals surface area contributed by atoms with Gasteiger partial charge in [-0.25, -0.2) is 8.78 Å². The predicted octanol–water partition coefficient (Wildman–Crippen LogP) is 4.52. The average Bonchev–Trinajstić information content (AvgIpc) is 2.72. The molecule has 0 aliphatic heterocycles. The van der Waals surface area contributed by atoms with Gasteiger partial charge in [0.1, 0.15) is 6.10 Å². The molecule has 1 unspecified atom stereocenters. The molecule has 1 N–H and O–H groups in total. The summed E-state index contributed by atoms with van der Waals surface area (Å²) in [6.45, 7) is 0. The Balaban J connectivity index is 2.48. The van der Waals surface area contributed by atoms with Gasteiger partial charge in [0, 0.05) is 5.56 Å². The number of rotatable bonds is 2. The molecule has 0 bridgehead atoms. The summed E-state index contributed by atoms with van der Waals surface area (Å²) < 4.78 is 26.2. The van der Waals surface area contributed by atoms with E-state index in [1.807, 2.05) is 0 Å². The van der Waals surface area contributed by atoms with Crippen molar-refractivity contribution in [3.05, 3.63) is 55.1 Å².